The summed E-state index contributed by atoms with van der Waals surface area (Å²) in [5, 5.41) is 15.2. The summed E-state index contributed by atoms with van der Waals surface area (Å²) in [5.41, 5.74) is 1.63. The second-order valence-electron chi connectivity index (χ2n) is 6.04. The minimum absolute atomic E-state index is 0.271. The van der Waals surface area contributed by atoms with Crippen LogP contribution in [0.4, 0.5) is 14.9 Å². The van der Waals surface area contributed by atoms with Crippen LogP contribution in [-0.4, -0.2) is 50.6 Å². The van der Waals surface area contributed by atoms with E-state index >= 15 is 0 Å². The van der Waals surface area contributed by atoms with E-state index in [1.807, 2.05) is 6.92 Å². The molecule has 0 saturated carbocycles. The highest BCUT2D eigenvalue weighted by Crippen LogP contribution is 2.29. The van der Waals surface area contributed by atoms with Crippen molar-refractivity contribution in [1.29, 1.82) is 0 Å². The second kappa shape index (κ2) is 8.84. The Labute approximate surface area is 142 Å². The van der Waals surface area contributed by atoms with Crippen LogP contribution in [0.25, 0.3) is 0 Å². The SMILES string of the molecule is COCCNC(=O)N[C@@H](C)c1cc(F)ccc1N1CCC(O)CC1. The number of benzene rings is 1. The van der Waals surface area contributed by atoms with Crippen molar-refractivity contribution in [2.45, 2.75) is 31.9 Å². The summed E-state index contributed by atoms with van der Waals surface area (Å²) in [6.07, 6.45) is 1.11. The minimum Gasteiger partial charge on any atom is -0.393 e. The summed E-state index contributed by atoms with van der Waals surface area (Å²) in [7, 11) is 1.57. The molecule has 1 aromatic rings. The van der Waals surface area contributed by atoms with Crippen LogP contribution in [0.3, 0.4) is 0 Å². The third kappa shape index (κ3) is 5.07. The van der Waals surface area contributed by atoms with Crippen molar-refractivity contribution in [3.63, 3.8) is 0 Å². The maximum atomic E-state index is 13.7. The summed E-state index contributed by atoms with van der Waals surface area (Å²) in [6.45, 7) is 4.10. The van der Waals surface area contributed by atoms with Crippen molar-refractivity contribution in [2.24, 2.45) is 0 Å². The van der Waals surface area contributed by atoms with Crippen molar-refractivity contribution in [2.75, 3.05) is 38.3 Å². The predicted molar refractivity (Wildman–Crippen MR) is 90.7 cm³/mol. The summed E-state index contributed by atoms with van der Waals surface area (Å²) in [4.78, 5) is 14.0. The molecule has 0 spiro atoms. The number of piperidine rings is 1. The maximum Gasteiger partial charge on any atom is 0.315 e. The fourth-order valence-corrected chi connectivity index (χ4v) is 2.86. The second-order valence-corrected chi connectivity index (χ2v) is 6.04. The average Bonchev–Trinajstić information content (AvgIpc) is 2.56. The van der Waals surface area contributed by atoms with E-state index in [0.717, 1.165) is 11.3 Å². The van der Waals surface area contributed by atoms with Gasteiger partial charge >= 0.3 is 6.03 Å². The molecule has 1 aromatic carbocycles. The Bertz CT molecular complexity index is 548. The zero-order valence-electron chi connectivity index (χ0n) is 14.2. The average molecular weight is 339 g/mol. The molecule has 24 heavy (non-hydrogen) atoms. The molecule has 6 nitrogen and oxygen atoms in total. The molecule has 1 atom stereocenters. The highest BCUT2D eigenvalue weighted by molar-refractivity contribution is 5.74. The molecule has 0 unspecified atom stereocenters. The summed E-state index contributed by atoms with van der Waals surface area (Å²) in [6, 6.07) is 3.97. The lowest BCUT2D eigenvalue weighted by Crippen LogP contribution is -2.40. The molecule has 0 aliphatic carbocycles. The van der Waals surface area contributed by atoms with Gasteiger partial charge in [0.05, 0.1) is 18.8 Å². The Kier molecular flexibility index (Phi) is 6.81. The normalized spacial score (nSPS) is 16.8. The van der Waals surface area contributed by atoms with Crippen LogP contribution in [0.15, 0.2) is 18.2 Å². The molecular formula is C17H26FN3O3. The van der Waals surface area contributed by atoms with Gasteiger partial charge in [-0.05, 0) is 38.0 Å². The molecule has 1 fully saturated rings. The van der Waals surface area contributed by atoms with Crippen molar-refractivity contribution < 1.29 is 19.0 Å². The zero-order chi connectivity index (χ0) is 17.5. The van der Waals surface area contributed by atoms with Crippen LogP contribution in [0.1, 0.15) is 31.4 Å². The summed E-state index contributed by atoms with van der Waals surface area (Å²) in [5.74, 6) is -0.334. The molecular weight excluding hydrogens is 313 g/mol. The van der Waals surface area contributed by atoms with Gasteiger partial charge in [0, 0.05) is 38.0 Å². The Balaban J connectivity index is 2.07. The fraction of sp³-hybridized carbons (Fsp3) is 0.588. The molecule has 0 bridgehead atoms. The van der Waals surface area contributed by atoms with Crippen LogP contribution in [-0.2, 0) is 4.74 Å². The number of carbonyl (C=O) groups is 1. The number of urea groups is 1. The lowest BCUT2D eigenvalue weighted by atomic mass is 10.0. The van der Waals surface area contributed by atoms with Gasteiger partial charge in [0.25, 0.3) is 0 Å². The molecule has 1 saturated heterocycles. The first-order valence-corrected chi connectivity index (χ1v) is 8.27. The van der Waals surface area contributed by atoms with Gasteiger partial charge in [-0.15, -0.1) is 0 Å². The largest absolute Gasteiger partial charge is 0.393 e. The Morgan fingerprint density at radius 3 is 2.83 bits per heavy atom. The van der Waals surface area contributed by atoms with Crippen LogP contribution < -0.4 is 15.5 Å². The monoisotopic (exact) mass is 339 g/mol. The number of carbonyl (C=O) groups excluding carboxylic acids is 1. The van der Waals surface area contributed by atoms with Gasteiger partial charge in [-0.3, -0.25) is 0 Å². The van der Waals surface area contributed by atoms with Gasteiger partial charge in [-0.25, -0.2) is 9.18 Å². The van der Waals surface area contributed by atoms with Crippen LogP contribution in [0.2, 0.25) is 0 Å². The number of ether oxygens (including phenoxy) is 1. The number of amides is 2. The zero-order valence-corrected chi connectivity index (χ0v) is 14.2. The van der Waals surface area contributed by atoms with E-state index in [0.29, 0.717) is 39.1 Å². The van der Waals surface area contributed by atoms with E-state index in [2.05, 4.69) is 15.5 Å². The Morgan fingerprint density at radius 2 is 2.17 bits per heavy atom. The number of hydrogen-bond donors (Lipinski definition) is 3. The van der Waals surface area contributed by atoms with E-state index < -0.39 is 0 Å². The lowest BCUT2D eigenvalue weighted by molar-refractivity contribution is 0.145. The summed E-state index contributed by atoms with van der Waals surface area (Å²) < 4.78 is 18.6. The number of methoxy groups -OCH3 is 1. The molecule has 7 heteroatoms. The van der Waals surface area contributed by atoms with Crippen LogP contribution >= 0.6 is 0 Å². The van der Waals surface area contributed by atoms with Gasteiger partial charge in [0.2, 0.25) is 0 Å². The molecule has 0 radical (unpaired) electrons. The molecule has 2 rings (SSSR count). The van der Waals surface area contributed by atoms with Gasteiger partial charge in [0.1, 0.15) is 5.82 Å². The molecule has 134 valence electrons. The number of halogens is 1. The van der Waals surface area contributed by atoms with E-state index in [1.54, 1.807) is 13.2 Å². The number of anilines is 1. The van der Waals surface area contributed by atoms with Crippen LogP contribution in [0, 0.1) is 5.82 Å². The smallest absolute Gasteiger partial charge is 0.315 e. The maximum absolute atomic E-state index is 13.7. The summed E-state index contributed by atoms with van der Waals surface area (Å²) >= 11 is 0. The Hall–Kier alpha value is -1.86. The van der Waals surface area contributed by atoms with Gasteiger partial charge in [-0.1, -0.05) is 0 Å². The minimum atomic E-state index is -0.343. The van der Waals surface area contributed by atoms with E-state index in [9.17, 15) is 14.3 Å². The first kappa shape index (κ1) is 18.5. The quantitative estimate of drug-likeness (QED) is 0.691. The van der Waals surface area contributed by atoms with Gasteiger partial charge in [-0.2, -0.15) is 0 Å². The van der Waals surface area contributed by atoms with Crippen molar-refractivity contribution in [1.82, 2.24) is 10.6 Å². The molecule has 1 heterocycles. The Morgan fingerprint density at radius 1 is 1.46 bits per heavy atom. The number of nitrogens with zero attached hydrogens (tertiary/aromatic N) is 1. The van der Waals surface area contributed by atoms with Crippen molar-refractivity contribution in [3.8, 4) is 0 Å². The lowest BCUT2D eigenvalue weighted by Gasteiger charge is -2.34. The number of rotatable bonds is 6. The number of aliphatic hydroxyl groups excluding tert-OH is 1. The fourth-order valence-electron chi connectivity index (χ4n) is 2.86. The van der Waals surface area contributed by atoms with E-state index in [-0.39, 0.29) is 24.0 Å². The third-order valence-electron chi connectivity index (χ3n) is 4.20. The molecule has 2 amide bonds. The van der Waals surface area contributed by atoms with Crippen molar-refractivity contribution in [3.05, 3.63) is 29.6 Å². The number of hydrogen-bond acceptors (Lipinski definition) is 4. The van der Waals surface area contributed by atoms with E-state index in [4.69, 9.17) is 4.74 Å². The van der Waals surface area contributed by atoms with Crippen LogP contribution in [0.5, 0.6) is 0 Å². The standard InChI is InChI=1S/C17H26FN3O3/c1-12(20-17(23)19-7-10-24-2)15-11-13(18)3-4-16(15)21-8-5-14(22)6-9-21/h3-4,11-12,14,22H,5-10H2,1-2H3,(H2,19,20,23)/t12-/m0/s1. The third-order valence-corrected chi connectivity index (χ3v) is 4.20. The molecule has 1 aliphatic heterocycles. The number of aliphatic hydroxyl groups is 1. The molecule has 1 aliphatic rings. The molecule has 3 N–H and O–H groups in total. The van der Waals surface area contributed by atoms with Crippen molar-refractivity contribution >= 4 is 11.7 Å². The van der Waals surface area contributed by atoms with E-state index in [1.165, 1.54) is 12.1 Å². The predicted octanol–water partition coefficient (Wildman–Crippen LogP) is 1.79. The topological polar surface area (TPSA) is 73.8 Å². The first-order chi connectivity index (χ1) is 11.5. The highest BCUT2D eigenvalue weighted by Gasteiger charge is 2.22. The van der Waals surface area contributed by atoms with Gasteiger partial charge in [0.15, 0.2) is 0 Å². The first-order valence-electron chi connectivity index (χ1n) is 8.27. The highest BCUT2D eigenvalue weighted by atomic mass is 19.1. The number of nitrogens with one attached hydrogen (secondary N) is 2. The van der Waals surface area contributed by atoms with Gasteiger partial charge < -0.3 is 25.4 Å². The molecule has 0 aromatic heterocycles.